The van der Waals surface area contributed by atoms with Crippen LogP contribution in [0, 0.1) is 6.92 Å². The van der Waals surface area contributed by atoms with Crippen molar-refractivity contribution in [2.45, 2.75) is 6.92 Å². The summed E-state index contributed by atoms with van der Waals surface area (Å²) in [6, 6.07) is 7.58. The first kappa shape index (κ1) is 18.6. The molecule has 0 saturated heterocycles. The van der Waals surface area contributed by atoms with Crippen LogP contribution in [0.25, 0.3) is 10.6 Å². The van der Waals surface area contributed by atoms with Crippen LogP contribution in [-0.2, 0) is 19.1 Å². The first-order chi connectivity index (χ1) is 13.0. The van der Waals surface area contributed by atoms with Gasteiger partial charge in [0.2, 0.25) is 0 Å². The maximum absolute atomic E-state index is 12.5. The van der Waals surface area contributed by atoms with E-state index in [-0.39, 0.29) is 11.3 Å². The summed E-state index contributed by atoms with van der Waals surface area (Å²) in [4.78, 5) is 30.8. The fraction of sp³-hybridized carbons (Fsp3) is 0.150. The Morgan fingerprint density at radius 2 is 1.89 bits per heavy atom. The van der Waals surface area contributed by atoms with Gasteiger partial charge in [-0.05, 0) is 31.2 Å². The monoisotopic (exact) mass is 382 g/mol. The second kappa shape index (κ2) is 8.01. The summed E-state index contributed by atoms with van der Waals surface area (Å²) >= 11 is 1.55. The Bertz CT molecular complexity index is 972. The molecule has 1 aliphatic heterocycles. The van der Waals surface area contributed by atoms with E-state index in [0.29, 0.717) is 5.69 Å². The Balaban J connectivity index is 2.13. The van der Waals surface area contributed by atoms with Crippen molar-refractivity contribution in [3.63, 3.8) is 0 Å². The van der Waals surface area contributed by atoms with E-state index in [1.165, 1.54) is 20.3 Å². The molecule has 2 aromatic rings. The van der Waals surface area contributed by atoms with E-state index in [2.05, 4.69) is 4.98 Å². The third-order valence-electron chi connectivity index (χ3n) is 3.88. The third kappa shape index (κ3) is 3.83. The van der Waals surface area contributed by atoms with Gasteiger partial charge in [0.05, 0.1) is 19.8 Å². The van der Waals surface area contributed by atoms with Crippen LogP contribution >= 0.6 is 11.3 Å². The maximum atomic E-state index is 12.5. The van der Waals surface area contributed by atoms with E-state index in [0.717, 1.165) is 16.3 Å². The van der Waals surface area contributed by atoms with Gasteiger partial charge in [-0.2, -0.15) is 0 Å². The van der Waals surface area contributed by atoms with Crippen molar-refractivity contribution in [1.82, 2.24) is 4.98 Å². The summed E-state index contributed by atoms with van der Waals surface area (Å²) in [6.45, 7) is 1.94. The molecule has 0 amide bonds. The lowest BCUT2D eigenvalue weighted by molar-refractivity contribution is -0.139. The quantitative estimate of drug-likeness (QED) is 0.753. The van der Waals surface area contributed by atoms with Crippen LogP contribution in [0.4, 0.5) is 5.69 Å². The minimum absolute atomic E-state index is 0.0850. The fourth-order valence-electron chi connectivity index (χ4n) is 2.64. The maximum Gasteiger partial charge on any atom is 0.355 e. The lowest BCUT2D eigenvalue weighted by Crippen LogP contribution is -2.26. The molecule has 0 saturated carbocycles. The van der Waals surface area contributed by atoms with Crippen molar-refractivity contribution < 1.29 is 19.1 Å². The molecule has 2 heterocycles. The summed E-state index contributed by atoms with van der Waals surface area (Å²) in [5.41, 5.74) is 2.76. The zero-order chi connectivity index (χ0) is 19.4. The minimum atomic E-state index is -0.637. The molecule has 1 aromatic carbocycles. The first-order valence-electron chi connectivity index (χ1n) is 8.12. The molecule has 3 rings (SSSR count). The van der Waals surface area contributed by atoms with Crippen LogP contribution in [0.1, 0.15) is 5.69 Å². The Labute approximate surface area is 161 Å². The number of nitrogens with zero attached hydrogens (tertiary/aromatic N) is 2. The smallest absolute Gasteiger partial charge is 0.355 e. The number of methoxy groups -OCH3 is 2. The van der Waals surface area contributed by atoms with Crippen LogP contribution in [-0.4, -0.2) is 31.1 Å². The molecule has 0 atom stereocenters. The van der Waals surface area contributed by atoms with Gasteiger partial charge in [-0.15, -0.1) is 11.3 Å². The Morgan fingerprint density at radius 1 is 1.11 bits per heavy atom. The molecule has 27 heavy (non-hydrogen) atoms. The standard InChI is InChI=1S/C20H18N2O4S/c1-13-12-27-18(21-13)14-7-6-8-15(11-14)22-10-5-4-9-16(19(23)25-2)17(22)20(24)26-3/h4-12H,1-3H3. The second-order valence-electron chi connectivity index (χ2n) is 5.66. The van der Waals surface area contributed by atoms with E-state index in [4.69, 9.17) is 9.47 Å². The number of hydrogen-bond acceptors (Lipinski definition) is 7. The van der Waals surface area contributed by atoms with Gasteiger partial charge in [0, 0.05) is 28.5 Å². The van der Waals surface area contributed by atoms with Gasteiger partial charge in [-0.25, -0.2) is 14.6 Å². The number of rotatable bonds is 4. The number of ether oxygens (including phenoxy) is 2. The largest absolute Gasteiger partial charge is 0.465 e. The third-order valence-corrected chi connectivity index (χ3v) is 4.89. The van der Waals surface area contributed by atoms with Crippen molar-refractivity contribution in [2.75, 3.05) is 19.1 Å². The van der Waals surface area contributed by atoms with Crippen LogP contribution in [0.15, 0.2) is 65.3 Å². The van der Waals surface area contributed by atoms with Crippen molar-refractivity contribution in [3.05, 3.63) is 71.0 Å². The van der Waals surface area contributed by atoms with Crippen LogP contribution in [0.5, 0.6) is 0 Å². The van der Waals surface area contributed by atoms with E-state index < -0.39 is 11.9 Å². The summed E-state index contributed by atoms with van der Waals surface area (Å²) in [6.07, 6.45) is 6.63. The van der Waals surface area contributed by atoms with Crippen molar-refractivity contribution in [3.8, 4) is 10.6 Å². The number of carbonyl (C=O) groups is 2. The Kier molecular flexibility index (Phi) is 5.52. The number of esters is 2. The SMILES string of the molecule is COC(=O)C1=C(C(=O)OC)N(c2cccc(-c3nc(C)cs3)c2)C=CC=C1. The Hall–Kier alpha value is -3.19. The number of hydrogen-bond donors (Lipinski definition) is 0. The topological polar surface area (TPSA) is 68.7 Å². The average molecular weight is 382 g/mol. The molecular weight excluding hydrogens is 364 g/mol. The highest BCUT2D eigenvalue weighted by atomic mass is 32.1. The van der Waals surface area contributed by atoms with Gasteiger partial charge < -0.3 is 14.4 Å². The zero-order valence-electron chi connectivity index (χ0n) is 15.1. The van der Waals surface area contributed by atoms with Gasteiger partial charge in [0.1, 0.15) is 10.7 Å². The zero-order valence-corrected chi connectivity index (χ0v) is 15.9. The molecule has 0 radical (unpaired) electrons. The lowest BCUT2D eigenvalue weighted by atomic mass is 10.1. The summed E-state index contributed by atoms with van der Waals surface area (Å²) in [7, 11) is 2.54. The van der Waals surface area contributed by atoms with Crippen molar-refractivity contribution in [1.29, 1.82) is 0 Å². The van der Waals surface area contributed by atoms with Crippen LogP contribution < -0.4 is 4.90 Å². The molecule has 0 spiro atoms. The average Bonchev–Trinajstić information content (AvgIpc) is 3.01. The molecule has 1 aliphatic rings. The summed E-state index contributed by atoms with van der Waals surface area (Å²) < 4.78 is 9.75. The van der Waals surface area contributed by atoms with Crippen LogP contribution in [0.2, 0.25) is 0 Å². The van der Waals surface area contributed by atoms with Crippen molar-refractivity contribution in [2.24, 2.45) is 0 Å². The van der Waals surface area contributed by atoms with E-state index in [1.807, 2.05) is 36.6 Å². The molecule has 138 valence electrons. The van der Waals surface area contributed by atoms with E-state index in [9.17, 15) is 9.59 Å². The highest BCUT2D eigenvalue weighted by Gasteiger charge is 2.27. The number of allylic oxidation sites excluding steroid dienone is 2. The number of thiazole rings is 1. The van der Waals surface area contributed by atoms with Gasteiger partial charge in [-0.1, -0.05) is 18.2 Å². The lowest BCUT2D eigenvalue weighted by Gasteiger charge is -2.23. The van der Waals surface area contributed by atoms with E-state index in [1.54, 1.807) is 34.6 Å². The van der Waals surface area contributed by atoms with Gasteiger partial charge in [0.25, 0.3) is 0 Å². The van der Waals surface area contributed by atoms with Crippen LogP contribution in [0.3, 0.4) is 0 Å². The molecule has 6 nitrogen and oxygen atoms in total. The van der Waals surface area contributed by atoms with Crippen molar-refractivity contribution >= 4 is 29.0 Å². The van der Waals surface area contributed by atoms with Gasteiger partial charge in [0.15, 0.2) is 0 Å². The molecule has 0 aliphatic carbocycles. The summed E-state index contributed by atoms with van der Waals surface area (Å²) in [5.74, 6) is -1.26. The predicted octanol–water partition coefficient (Wildman–Crippen LogP) is 3.61. The fourth-order valence-corrected chi connectivity index (χ4v) is 3.44. The molecule has 0 unspecified atom stereocenters. The predicted molar refractivity (Wildman–Crippen MR) is 104 cm³/mol. The number of anilines is 1. The second-order valence-corrected chi connectivity index (χ2v) is 6.52. The Morgan fingerprint density at radius 3 is 2.56 bits per heavy atom. The summed E-state index contributed by atoms with van der Waals surface area (Å²) in [5, 5.41) is 2.86. The van der Waals surface area contributed by atoms with Gasteiger partial charge >= 0.3 is 11.9 Å². The normalized spacial score (nSPS) is 13.5. The number of benzene rings is 1. The molecule has 0 N–H and O–H groups in total. The number of aryl methyl sites for hydroxylation is 1. The molecule has 0 bridgehead atoms. The molecule has 7 heteroatoms. The minimum Gasteiger partial charge on any atom is -0.465 e. The highest BCUT2D eigenvalue weighted by molar-refractivity contribution is 7.13. The molecule has 1 aromatic heterocycles. The molecular formula is C20H18N2O4S. The van der Waals surface area contributed by atoms with E-state index >= 15 is 0 Å². The first-order valence-corrected chi connectivity index (χ1v) is 9.00. The number of carbonyl (C=O) groups excluding carboxylic acids is 2. The van der Waals surface area contributed by atoms with Gasteiger partial charge in [-0.3, -0.25) is 0 Å². The highest BCUT2D eigenvalue weighted by Crippen LogP contribution is 2.31. The number of aromatic nitrogens is 1. The molecule has 0 fully saturated rings.